The summed E-state index contributed by atoms with van der Waals surface area (Å²) >= 11 is 0. The summed E-state index contributed by atoms with van der Waals surface area (Å²) in [7, 11) is 4.58. The predicted molar refractivity (Wildman–Crippen MR) is 143 cm³/mol. The van der Waals surface area contributed by atoms with E-state index in [1.165, 1.54) is 33.3 Å². The van der Waals surface area contributed by atoms with Gasteiger partial charge < -0.3 is 19.5 Å². The van der Waals surface area contributed by atoms with Crippen LogP contribution in [0, 0.1) is 0 Å². The molecule has 0 spiro atoms. The topological polar surface area (TPSA) is 97.4 Å². The molecule has 0 aromatic heterocycles. The van der Waals surface area contributed by atoms with Crippen molar-refractivity contribution in [2.45, 2.75) is 25.0 Å². The fourth-order valence-electron chi connectivity index (χ4n) is 5.26. The fourth-order valence-corrected chi connectivity index (χ4v) is 5.26. The smallest absolute Gasteiger partial charge is 0.265 e. The van der Waals surface area contributed by atoms with Gasteiger partial charge in [-0.1, -0.05) is 48.5 Å². The van der Waals surface area contributed by atoms with E-state index >= 15 is 0 Å². The molecular formula is C30H29N3O6. The van der Waals surface area contributed by atoms with E-state index in [-0.39, 0.29) is 17.6 Å². The van der Waals surface area contributed by atoms with Crippen molar-refractivity contribution < 1.29 is 28.6 Å². The highest BCUT2D eigenvalue weighted by atomic mass is 16.5. The molecule has 1 saturated heterocycles. The van der Waals surface area contributed by atoms with E-state index in [9.17, 15) is 14.4 Å². The van der Waals surface area contributed by atoms with Crippen LogP contribution in [0.15, 0.2) is 84.6 Å². The fraction of sp³-hybridized carbons (Fsp3) is 0.233. The van der Waals surface area contributed by atoms with E-state index in [2.05, 4.69) is 5.32 Å². The Kier molecular flexibility index (Phi) is 7.08. The summed E-state index contributed by atoms with van der Waals surface area (Å²) in [4.78, 5) is 40.1. The molecule has 9 nitrogen and oxygen atoms in total. The van der Waals surface area contributed by atoms with Crippen molar-refractivity contribution in [1.82, 2.24) is 15.3 Å². The summed E-state index contributed by atoms with van der Waals surface area (Å²) < 4.78 is 16.9. The minimum absolute atomic E-state index is 0.209. The van der Waals surface area contributed by atoms with Gasteiger partial charge in [0.05, 0.1) is 39.0 Å². The molecule has 0 radical (unpaired) electrons. The molecule has 2 aliphatic heterocycles. The molecule has 2 heterocycles. The number of carbonyl (C=O) groups is 3. The predicted octanol–water partition coefficient (Wildman–Crippen LogP) is 3.84. The van der Waals surface area contributed by atoms with Crippen molar-refractivity contribution in [3.05, 3.63) is 101 Å². The highest BCUT2D eigenvalue weighted by molar-refractivity contribution is 6.01. The molecule has 3 aromatic rings. The third-order valence-corrected chi connectivity index (χ3v) is 7.06. The lowest BCUT2D eigenvalue weighted by Crippen LogP contribution is -2.43. The normalized spacial score (nSPS) is 20.3. The van der Waals surface area contributed by atoms with Crippen LogP contribution in [0.3, 0.4) is 0 Å². The van der Waals surface area contributed by atoms with Gasteiger partial charge in [-0.25, -0.2) is 5.01 Å². The quantitative estimate of drug-likeness (QED) is 0.475. The lowest BCUT2D eigenvalue weighted by Gasteiger charge is -2.34. The summed E-state index contributed by atoms with van der Waals surface area (Å²) in [5.41, 5.74) is 2.18. The van der Waals surface area contributed by atoms with E-state index in [1.807, 2.05) is 41.4 Å². The Hall–Kier alpha value is -4.63. The van der Waals surface area contributed by atoms with Gasteiger partial charge >= 0.3 is 0 Å². The lowest BCUT2D eigenvalue weighted by atomic mass is 9.91. The third kappa shape index (κ3) is 4.51. The van der Waals surface area contributed by atoms with Crippen LogP contribution >= 0.6 is 0 Å². The van der Waals surface area contributed by atoms with Gasteiger partial charge in [-0.15, -0.1) is 0 Å². The van der Waals surface area contributed by atoms with Gasteiger partial charge in [-0.05, 0) is 24.6 Å². The number of rotatable bonds is 8. The van der Waals surface area contributed by atoms with Crippen molar-refractivity contribution in [3.63, 3.8) is 0 Å². The maximum absolute atomic E-state index is 13.9. The largest absolute Gasteiger partial charge is 0.496 e. The van der Waals surface area contributed by atoms with Crippen molar-refractivity contribution in [3.8, 4) is 17.2 Å². The van der Waals surface area contributed by atoms with E-state index in [0.717, 1.165) is 5.56 Å². The van der Waals surface area contributed by atoms with Crippen LogP contribution in [0.2, 0.25) is 0 Å². The van der Waals surface area contributed by atoms with Crippen LogP contribution in [0.5, 0.6) is 17.2 Å². The zero-order valence-corrected chi connectivity index (χ0v) is 22.1. The average molecular weight is 528 g/mol. The molecule has 3 aromatic carbocycles. The van der Waals surface area contributed by atoms with E-state index in [0.29, 0.717) is 33.9 Å². The number of ketones is 1. The molecule has 0 saturated carbocycles. The van der Waals surface area contributed by atoms with E-state index < -0.39 is 18.1 Å². The number of benzene rings is 3. The number of nitrogens with zero attached hydrogens (tertiary/aromatic N) is 2. The zero-order valence-electron chi connectivity index (χ0n) is 22.1. The Morgan fingerprint density at radius 1 is 0.846 bits per heavy atom. The summed E-state index contributed by atoms with van der Waals surface area (Å²) in [6, 6.07) is 19.3. The Balaban J connectivity index is 1.67. The first-order valence-corrected chi connectivity index (χ1v) is 12.4. The van der Waals surface area contributed by atoms with Gasteiger partial charge in [-0.3, -0.25) is 14.4 Å². The molecule has 0 unspecified atom stereocenters. The number of Topliss-reactive ketones (excluding diaryl/α,β-unsaturated/α-hetero) is 1. The number of amides is 2. The van der Waals surface area contributed by atoms with Crippen molar-refractivity contribution in [1.29, 1.82) is 0 Å². The molecule has 9 heteroatoms. The number of hydrogen-bond acceptors (Lipinski definition) is 7. The summed E-state index contributed by atoms with van der Waals surface area (Å²) in [6.07, 6.45) is 1.54. The van der Waals surface area contributed by atoms with Gasteiger partial charge in [0, 0.05) is 29.5 Å². The van der Waals surface area contributed by atoms with Crippen LogP contribution in [0.25, 0.3) is 0 Å². The van der Waals surface area contributed by atoms with Crippen LogP contribution in [-0.4, -0.2) is 55.0 Å². The van der Waals surface area contributed by atoms with Crippen LogP contribution in [0.4, 0.5) is 0 Å². The molecule has 5 rings (SSSR count). The van der Waals surface area contributed by atoms with Crippen LogP contribution in [-0.2, 0) is 9.59 Å². The highest BCUT2D eigenvalue weighted by Crippen LogP contribution is 2.52. The third-order valence-electron chi connectivity index (χ3n) is 7.06. The Morgan fingerprint density at radius 2 is 1.44 bits per heavy atom. The standard InChI is InChI=1S/C30H29N3O6/c1-18(34)22-17-32-30(36)26(31-29(35)20-13-9-6-10-14-20)27(19-11-7-5-8-12-19)33(32)28(22)25-23(38-3)15-21(37-2)16-24(25)39-4/h5-17,26-28H,1-4H3,(H,31,35)/t26-,27-,28+/m0/s1. The van der Waals surface area contributed by atoms with Crippen molar-refractivity contribution >= 4 is 17.6 Å². The Morgan fingerprint density at radius 3 is 1.97 bits per heavy atom. The van der Waals surface area contributed by atoms with Gasteiger partial charge in [0.15, 0.2) is 5.78 Å². The molecule has 2 aliphatic rings. The van der Waals surface area contributed by atoms with Gasteiger partial charge in [-0.2, -0.15) is 5.01 Å². The van der Waals surface area contributed by atoms with E-state index in [1.54, 1.807) is 42.6 Å². The zero-order chi connectivity index (χ0) is 27.7. The molecule has 0 bridgehead atoms. The highest BCUT2D eigenvalue weighted by Gasteiger charge is 2.56. The van der Waals surface area contributed by atoms with Crippen LogP contribution in [0.1, 0.15) is 40.5 Å². The summed E-state index contributed by atoms with van der Waals surface area (Å²) in [5, 5.41) is 6.19. The molecular weight excluding hydrogens is 498 g/mol. The SMILES string of the molecule is COc1cc(OC)c([C@H]2C(C(C)=O)=CN3C(=O)[C@@H](NC(=O)c4ccccc4)[C@H](c4ccccc4)N23)c(OC)c1. The monoisotopic (exact) mass is 527 g/mol. The second kappa shape index (κ2) is 10.6. The van der Waals surface area contributed by atoms with Gasteiger partial charge in [0.2, 0.25) is 0 Å². The van der Waals surface area contributed by atoms with Crippen molar-refractivity contribution in [2.24, 2.45) is 0 Å². The lowest BCUT2D eigenvalue weighted by molar-refractivity contribution is -0.134. The number of hydrazine groups is 1. The second-order valence-corrected chi connectivity index (χ2v) is 9.22. The molecule has 3 atom stereocenters. The first-order valence-electron chi connectivity index (χ1n) is 12.4. The number of fused-ring (bicyclic) bond motifs is 1. The number of methoxy groups -OCH3 is 3. The van der Waals surface area contributed by atoms with Crippen LogP contribution < -0.4 is 19.5 Å². The summed E-state index contributed by atoms with van der Waals surface area (Å²) in [6.45, 7) is 1.46. The molecule has 200 valence electrons. The average Bonchev–Trinajstić information content (AvgIpc) is 3.48. The number of carbonyl (C=O) groups excluding carboxylic acids is 3. The number of ether oxygens (including phenoxy) is 3. The Bertz CT molecular complexity index is 1410. The Labute approximate surface area is 226 Å². The van der Waals surface area contributed by atoms with Crippen molar-refractivity contribution in [2.75, 3.05) is 21.3 Å². The first-order chi connectivity index (χ1) is 18.9. The molecule has 1 N–H and O–H groups in total. The van der Waals surface area contributed by atoms with Gasteiger partial charge in [0.1, 0.15) is 23.3 Å². The maximum Gasteiger partial charge on any atom is 0.265 e. The number of nitrogens with one attached hydrogen (secondary N) is 1. The maximum atomic E-state index is 13.9. The molecule has 1 fully saturated rings. The van der Waals surface area contributed by atoms with E-state index in [4.69, 9.17) is 14.2 Å². The first kappa shape index (κ1) is 26.0. The minimum atomic E-state index is -0.928. The minimum Gasteiger partial charge on any atom is -0.496 e. The van der Waals surface area contributed by atoms with Gasteiger partial charge in [0.25, 0.3) is 11.8 Å². The molecule has 2 amide bonds. The number of hydrogen-bond donors (Lipinski definition) is 1. The molecule has 0 aliphatic carbocycles. The second-order valence-electron chi connectivity index (χ2n) is 9.22. The summed E-state index contributed by atoms with van der Waals surface area (Å²) in [5.74, 6) is 0.437. The molecule has 39 heavy (non-hydrogen) atoms.